The summed E-state index contributed by atoms with van der Waals surface area (Å²) in [6, 6.07) is 0. The average molecular weight is 379 g/mol. The minimum atomic E-state index is -5.17. The molecular formula is O7PbSSi-4. The third-order valence-corrected chi connectivity index (χ3v) is 0. The molecule has 10 heavy (non-hydrogen) atoms. The van der Waals surface area contributed by atoms with Crippen molar-refractivity contribution in [3.63, 3.8) is 0 Å². The van der Waals surface area contributed by atoms with Crippen molar-refractivity contribution in [3.8, 4) is 0 Å². The second-order valence-corrected chi connectivity index (χ2v) is 1.97. The zero-order valence-corrected chi connectivity index (χ0v) is 9.97. The Bertz CT molecular complexity index is 156. The molecule has 0 aromatic carbocycles. The fourth-order valence-corrected chi connectivity index (χ4v) is 0. The van der Waals surface area contributed by atoms with Crippen LogP contribution in [-0.2, 0) is 14.9 Å². The van der Waals surface area contributed by atoms with Gasteiger partial charge in [-0.05, 0) is 0 Å². The Labute approximate surface area is 78.3 Å². The molecule has 0 bridgehead atoms. The Hall–Kier alpha value is 0.409. The second-order valence-electron chi connectivity index (χ2n) is 0.658. The third kappa shape index (κ3) is 2760. The molecule has 0 saturated carbocycles. The van der Waals surface area contributed by atoms with E-state index in [9.17, 15) is 0 Å². The summed E-state index contributed by atoms with van der Waals surface area (Å²) in [5.41, 5.74) is 0. The van der Waals surface area contributed by atoms with Gasteiger partial charge in [-0.25, -0.2) is 0 Å². The number of rotatable bonds is 0. The van der Waals surface area contributed by atoms with Crippen LogP contribution in [0.2, 0.25) is 0 Å². The summed E-state index contributed by atoms with van der Waals surface area (Å²) in [7, 11) is -8.80. The Kier molecular flexibility index (Phi) is 12.6. The zero-order valence-electron chi connectivity index (χ0n) is 4.27. The van der Waals surface area contributed by atoms with E-state index in [-0.39, 0.29) is 27.3 Å². The van der Waals surface area contributed by atoms with Crippen LogP contribution in [0.1, 0.15) is 0 Å². The molecule has 4 radical (unpaired) electrons. The van der Waals surface area contributed by atoms with E-state index in [1.165, 1.54) is 0 Å². The Morgan fingerprint density at radius 1 is 1.10 bits per heavy atom. The van der Waals surface area contributed by atoms with Gasteiger partial charge in [-0.15, -0.1) is 0 Å². The van der Waals surface area contributed by atoms with Crippen LogP contribution in [0.25, 0.3) is 0 Å². The summed E-state index contributed by atoms with van der Waals surface area (Å²) in [4.78, 5) is 17.0. The van der Waals surface area contributed by atoms with Crippen molar-refractivity contribution in [2.24, 2.45) is 0 Å². The molecule has 0 atom stereocenters. The molecule has 0 aromatic heterocycles. The Balaban J connectivity index is -0.0000000910. The zero-order chi connectivity index (χ0) is 8.08. The van der Waals surface area contributed by atoms with Gasteiger partial charge in [0.1, 0.15) is 0 Å². The van der Waals surface area contributed by atoms with Gasteiger partial charge in [-0.3, -0.25) is 8.42 Å². The van der Waals surface area contributed by atoms with Crippen LogP contribution in [0, 0.1) is 0 Å². The predicted octanol–water partition coefficient (Wildman–Crippen LogP) is -4.60. The standard InChI is InChI=1S/H2O4S.O3Si.Pb/c1-5(2,3)4;1-4(2)3;/h(H2,1,2,3,4);;/q;-2;/p-2. The van der Waals surface area contributed by atoms with Crippen LogP contribution in [-0.4, -0.2) is 54.0 Å². The number of hydrogen-bond acceptors (Lipinski definition) is 7. The molecule has 0 aliphatic heterocycles. The summed E-state index contributed by atoms with van der Waals surface area (Å²) >= 11 is 0. The van der Waals surface area contributed by atoms with E-state index in [4.69, 9.17) is 31.6 Å². The molecular weight excluding hydrogens is 379 g/mol. The van der Waals surface area contributed by atoms with Gasteiger partial charge in [0, 0.05) is 46.9 Å². The first-order valence-corrected chi connectivity index (χ1v) is 3.84. The third-order valence-electron chi connectivity index (χ3n) is 0. The molecule has 0 aliphatic rings. The van der Waals surface area contributed by atoms with Gasteiger partial charge in [-0.1, -0.05) is 0 Å². The average Bonchev–Trinajstić information content (AvgIpc) is 1.19. The van der Waals surface area contributed by atoms with E-state index in [2.05, 4.69) is 0 Å². The quantitative estimate of drug-likeness (QED) is 0.234. The van der Waals surface area contributed by atoms with Crippen molar-refractivity contribution in [2.45, 2.75) is 0 Å². The largest absolute Gasteiger partial charge is 0.759 e. The van der Waals surface area contributed by atoms with E-state index in [1.54, 1.807) is 0 Å². The molecule has 0 heterocycles. The van der Waals surface area contributed by atoms with Crippen molar-refractivity contribution in [2.75, 3.05) is 0 Å². The fraction of sp³-hybridized carbons (Fsp3) is 0. The molecule has 0 spiro atoms. The first kappa shape index (κ1) is 16.8. The molecule has 0 aliphatic carbocycles. The van der Waals surface area contributed by atoms with Crippen LogP contribution in [0.5, 0.6) is 0 Å². The Morgan fingerprint density at radius 3 is 1.10 bits per heavy atom. The summed E-state index contributed by atoms with van der Waals surface area (Å²) in [6.07, 6.45) is 0. The first-order valence-electron chi connectivity index (χ1n) is 1.28. The van der Waals surface area contributed by atoms with E-state index in [0.29, 0.717) is 0 Å². The molecule has 0 rings (SSSR count). The molecule has 0 fully saturated rings. The van der Waals surface area contributed by atoms with E-state index >= 15 is 0 Å². The topological polar surface area (TPSA) is 143 Å². The Morgan fingerprint density at radius 2 is 1.10 bits per heavy atom. The van der Waals surface area contributed by atoms with Gasteiger partial charge in [-0.2, -0.15) is 0 Å². The summed E-state index contributed by atoms with van der Waals surface area (Å²) in [6.45, 7) is 0. The summed E-state index contributed by atoms with van der Waals surface area (Å²) < 4.78 is 42.6. The van der Waals surface area contributed by atoms with Crippen LogP contribution in [0.4, 0.5) is 0 Å². The van der Waals surface area contributed by atoms with Crippen molar-refractivity contribution >= 4 is 46.9 Å². The first-order chi connectivity index (χ1) is 3.73. The molecule has 0 N–H and O–H groups in total. The molecule has 10 heteroatoms. The molecule has 7 nitrogen and oxygen atoms in total. The minimum absolute atomic E-state index is 0. The van der Waals surface area contributed by atoms with Gasteiger partial charge in [0.2, 0.25) is 0 Å². The molecule has 0 amide bonds. The van der Waals surface area contributed by atoms with Crippen molar-refractivity contribution in [1.29, 1.82) is 0 Å². The van der Waals surface area contributed by atoms with Crippen molar-refractivity contribution < 1.29 is 31.6 Å². The molecule has 0 unspecified atom stereocenters. The summed E-state index contributed by atoms with van der Waals surface area (Å²) in [5, 5.41) is 0. The molecule has 60 valence electrons. The maximum Gasteiger partial charge on any atom is 0.0311 e. The monoisotopic (exact) mass is 380 g/mol. The van der Waals surface area contributed by atoms with Gasteiger partial charge in [0.15, 0.2) is 0 Å². The van der Waals surface area contributed by atoms with Crippen molar-refractivity contribution in [3.05, 3.63) is 0 Å². The molecule has 0 saturated heterocycles. The SMILES string of the molecule is O=S(=O)([O-])[O-].O=[Si]([O-])[O-].[Pb]. The van der Waals surface area contributed by atoms with Crippen LogP contribution >= 0.6 is 0 Å². The predicted molar refractivity (Wildman–Crippen MR) is 22.7 cm³/mol. The minimum Gasteiger partial charge on any atom is -0.759 e. The normalized spacial score (nSPS) is 8.20. The van der Waals surface area contributed by atoms with Crippen LogP contribution < -0.4 is 9.59 Å². The summed E-state index contributed by atoms with van der Waals surface area (Å²) in [5.74, 6) is 0. The molecule has 0 aromatic rings. The van der Waals surface area contributed by atoms with Gasteiger partial charge >= 0.3 is 0 Å². The van der Waals surface area contributed by atoms with Gasteiger partial charge < -0.3 is 23.2 Å². The van der Waals surface area contributed by atoms with Crippen LogP contribution in [0.15, 0.2) is 0 Å². The van der Waals surface area contributed by atoms with Gasteiger partial charge in [0.25, 0.3) is 0 Å². The fourth-order valence-electron chi connectivity index (χ4n) is 0. The van der Waals surface area contributed by atoms with E-state index < -0.39 is 19.6 Å². The van der Waals surface area contributed by atoms with E-state index in [1.807, 2.05) is 0 Å². The van der Waals surface area contributed by atoms with Crippen LogP contribution in [0.3, 0.4) is 0 Å². The maximum absolute atomic E-state index is 8.52. The van der Waals surface area contributed by atoms with Crippen molar-refractivity contribution in [1.82, 2.24) is 0 Å². The second kappa shape index (κ2) is 7.52. The van der Waals surface area contributed by atoms with Gasteiger partial charge in [0.05, 0.1) is 0 Å². The van der Waals surface area contributed by atoms with E-state index in [0.717, 1.165) is 0 Å². The number of hydrogen-bond donors (Lipinski definition) is 0. The maximum atomic E-state index is 8.52. The smallest absolute Gasteiger partial charge is 0.0311 e.